The summed E-state index contributed by atoms with van der Waals surface area (Å²) in [5, 5.41) is 0. The van der Waals surface area contributed by atoms with Gasteiger partial charge in [-0.05, 0) is 36.5 Å². The molecule has 2 aliphatic rings. The first-order valence-electron chi connectivity index (χ1n) is 7.78. The van der Waals surface area contributed by atoms with E-state index in [4.69, 9.17) is 0 Å². The molecule has 2 heterocycles. The van der Waals surface area contributed by atoms with Crippen LogP contribution in [0.3, 0.4) is 0 Å². The van der Waals surface area contributed by atoms with Crippen molar-refractivity contribution in [2.75, 3.05) is 20.2 Å². The standard InChI is InChI=1S/C17H18F2N2O3/c1-24-14(22)13-8-12(9-20-10-13)11-2-6-21(7-3-11)16(23)17(4-5-17)15(18)19/h2,8-10,15H,3-7H2,1H3. The van der Waals surface area contributed by atoms with Crippen molar-refractivity contribution in [3.8, 4) is 0 Å². The number of ether oxygens (including phenoxy) is 1. The number of carbonyl (C=O) groups is 2. The van der Waals surface area contributed by atoms with Gasteiger partial charge in [-0.15, -0.1) is 0 Å². The Bertz CT molecular complexity index is 699. The first kappa shape index (κ1) is 16.5. The molecule has 1 fully saturated rings. The molecule has 24 heavy (non-hydrogen) atoms. The summed E-state index contributed by atoms with van der Waals surface area (Å²) in [5.41, 5.74) is 0.626. The van der Waals surface area contributed by atoms with Crippen molar-refractivity contribution >= 4 is 17.4 Å². The zero-order chi connectivity index (χ0) is 17.3. The second kappa shape index (κ2) is 6.30. The Morgan fingerprint density at radius 1 is 1.33 bits per heavy atom. The van der Waals surface area contributed by atoms with Gasteiger partial charge in [0.25, 0.3) is 6.43 Å². The number of esters is 1. The molecule has 0 aromatic carbocycles. The number of pyridine rings is 1. The number of methoxy groups -OCH3 is 1. The van der Waals surface area contributed by atoms with Crippen molar-refractivity contribution in [3.05, 3.63) is 35.7 Å². The second-order valence-corrected chi connectivity index (χ2v) is 6.14. The fraction of sp³-hybridized carbons (Fsp3) is 0.471. The van der Waals surface area contributed by atoms with Crippen LogP contribution in [0.5, 0.6) is 0 Å². The Kier molecular flexibility index (Phi) is 4.34. The third-order valence-corrected chi connectivity index (χ3v) is 4.66. The molecule has 1 saturated carbocycles. The lowest BCUT2D eigenvalue weighted by atomic mass is 9.98. The summed E-state index contributed by atoms with van der Waals surface area (Å²) >= 11 is 0. The Hall–Kier alpha value is -2.31. The summed E-state index contributed by atoms with van der Waals surface area (Å²) in [7, 11) is 1.30. The van der Waals surface area contributed by atoms with Crippen LogP contribution in [0.2, 0.25) is 0 Å². The summed E-state index contributed by atoms with van der Waals surface area (Å²) in [5.74, 6) is -0.917. The maximum atomic E-state index is 13.1. The molecule has 7 heteroatoms. The number of hydrogen-bond donors (Lipinski definition) is 0. The molecule has 0 unspecified atom stereocenters. The molecule has 1 aliphatic carbocycles. The van der Waals surface area contributed by atoms with E-state index in [0.29, 0.717) is 25.1 Å². The zero-order valence-electron chi connectivity index (χ0n) is 13.3. The average molecular weight is 336 g/mol. The van der Waals surface area contributed by atoms with E-state index in [9.17, 15) is 18.4 Å². The fourth-order valence-electron chi connectivity index (χ4n) is 2.94. The largest absolute Gasteiger partial charge is 0.465 e. The molecule has 5 nitrogen and oxygen atoms in total. The smallest absolute Gasteiger partial charge is 0.339 e. The highest BCUT2D eigenvalue weighted by molar-refractivity contribution is 5.90. The van der Waals surface area contributed by atoms with Crippen LogP contribution in [0, 0.1) is 5.41 Å². The monoisotopic (exact) mass is 336 g/mol. The van der Waals surface area contributed by atoms with Crippen molar-refractivity contribution in [2.24, 2.45) is 5.41 Å². The number of hydrogen-bond acceptors (Lipinski definition) is 4. The third-order valence-electron chi connectivity index (χ3n) is 4.66. The van der Waals surface area contributed by atoms with Gasteiger partial charge in [0.1, 0.15) is 5.41 Å². The van der Waals surface area contributed by atoms with Crippen LogP contribution in [-0.4, -0.2) is 48.4 Å². The molecule has 1 aliphatic heterocycles. The predicted molar refractivity (Wildman–Crippen MR) is 82.4 cm³/mol. The van der Waals surface area contributed by atoms with Gasteiger partial charge in [-0.3, -0.25) is 9.78 Å². The fourth-order valence-corrected chi connectivity index (χ4v) is 2.94. The maximum Gasteiger partial charge on any atom is 0.339 e. The highest BCUT2D eigenvalue weighted by Gasteiger charge is 2.58. The van der Waals surface area contributed by atoms with E-state index in [1.165, 1.54) is 18.2 Å². The van der Waals surface area contributed by atoms with Gasteiger partial charge in [-0.1, -0.05) is 6.08 Å². The van der Waals surface area contributed by atoms with E-state index in [1.807, 2.05) is 6.08 Å². The van der Waals surface area contributed by atoms with Crippen LogP contribution in [-0.2, 0) is 9.53 Å². The lowest BCUT2D eigenvalue weighted by molar-refractivity contribution is -0.142. The molecule has 0 N–H and O–H groups in total. The topological polar surface area (TPSA) is 59.5 Å². The van der Waals surface area contributed by atoms with E-state index in [0.717, 1.165) is 11.1 Å². The Morgan fingerprint density at radius 2 is 2.08 bits per heavy atom. The first-order valence-corrected chi connectivity index (χ1v) is 7.78. The van der Waals surface area contributed by atoms with Crippen LogP contribution in [0.1, 0.15) is 35.2 Å². The minimum atomic E-state index is -2.60. The zero-order valence-corrected chi connectivity index (χ0v) is 13.3. The van der Waals surface area contributed by atoms with Crippen molar-refractivity contribution in [1.82, 2.24) is 9.88 Å². The minimum absolute atomic E-state index is 0.266. The third kappa shape index (κ3) is 2.90. The van der Waals surface area contributed by atoms with Gasteiger partial charge in [0.2, 0.25) is 5.91 Å². The van der Waals surface area contributed by atoms with Gasteiger partial charge in [-0.25, -0.2) is 13.6 Å². The van der Waals surface area contributed by atoms with Crippen molar-refractivity contribution < 1.29 is 23.1 Å². The highest BCUT2D eigenvalue weighted by atomic mass is 19.3. The van der Waals surface area contributed by atoms with E-state index < -0.39 is 23.7 Å². The van der Waals surface area contributed by atoms with Crippen LogP contribution in [0.15, 0.2) is 24.5 Å². The molecule has 0 atom stereocenters. The minimum Gasteiger partial charge on any atom is -0.465 e. The van der Waals surface area contributed by atoms with E-state index >= 15 is 0 Å². The summed E-state index contributed by atoms with van der Waals surface area (Å²) in [4.78, 5) is 29.4. The van der Waals surface area contributed by atoms with E-state index in [1.54, 1.807) is 12.3 Å². The molecule has 1 aromatic rings. The molecule has 1 amide bonds. The summed E-state index contributed by atoms with van der Waals surface area (Å²) in [6.07, 6.45) is 3.36. The van der Waals surface area contributed by atoms with E-state index in [-0.39, 0.29) is 12.8 Å². The van der Waals surface area contributed by atoms with Crippen LogP contribution < -0.4 is 0 Å². The molecular formula is C17H18F2N2O3. The first-order chi connectivity index (χ1) is 11.5. The number of alkyl halides is 2. The molecule has 0 radical (unpaired) electrons. The van der Waals surface area contributed by atoms with Gasteiger partial charge >= 0.3 is 5.97 Å². The van der Waals surface area contributed by atoms with Crippen molar-refractivity contribution in [2.45, 2.75) is 25.7 Å². The molecular weight excluding hydrogens is 318 g/mol. The average Bonchev–Trinajstić information content (AvgIpc) is 3.43. The van der Waals surface area contributed by atoms with Gasteiger partial charge < -0.3 is 9.64 Å². The number of amides is 1. The van der Waals surface area contributed by atoms with Crippen LogP contribution >= 0.6 is 0 Å². The Labute approximate surface area is 138 Å². The molecule has 3 rings (SSSR count). The molecule has 0 spiro atoms. The lowest BCUT2D eigenvalue weighted by Crippen LogP contribution is -2.42. The number of carbonyl (C=O) groups excluding carboxylic acids is 2. The Balaban J connectivity index is 1.72. The number of rotatable bonds is 4. The van der Waals surface area contributed by atoms with Crippen molar-refractivity contribution in [3.63, 3.8) is 0 Å². The summed E-state index contributed by atoms with van der Waals surface area (Å²) in [6, 6.07) is 1.68. The molecule has 0 saturated heterocycles. The number of aromatic nitrogens is 1. The number of halogens is 2. The lowest BCUT2D eigenvalue weighted by Gasteiger charge is -2.30. The van der Waals surface area contributed by atoms with Crippen LogP contribution in [0.25, 0.3) is 5.57 Å². The summed E-state index contributed by atoms with van der Waals surface area (Å²) < 4.78 is 30.8. The molecule has 0 bridgehead atoms. The Morgan fingerprint density at radius 3 is 2.62 bits per heavy atom. The molecule has 1 aromatic heterocycles. The van der Waals surface area contributed by atoms with Gasteiger partial charge in [0.05, 0.1) is 12.7 Å². The van der Waals surface area contributed by atoms with E-state index in [2.05, 4.69) is 9.72 Å². The van der Waals surface area contributed by atoms with Crippen molar-refractivity contribution in [1.29, 1.82) is 0 Å². The van der Waals surface area contributed by atoms with Gasteiger partial charge in [-0.2, -0.15) is 0 Å². The van der Waals surface area contributed by atoms with Gasteiger partial charge in [0.15, 0.2) is 0 Å². The number of nitrogens with zero attached hydrogens (tertiary/aromatic N) is 2. The second-order valence-electron chi connectivity index (χ2n) is 6.14. The predicted octanol–water partition coefficient (Wildman–Crippen LogP) is 2.53. The molecule has 128 valence electrons. The highest BCUT2D eigenvalue weighted by Crippen LogP contribution is 2.52. The quantitative estimate of drug-likeness (QED) is 0.793. The van der Waals surface area contributed by atoms with Gasteiger partial charge in [0, 0.05) is 25.5 Å². The summed E-state index contributed by atoms with van der Waals surface area (Å²) in [6.45, 7) is 0.687. The normalized spacial score (nSPS) is 19.0. The van der Waals surface area contributed by atoms with Crippen LogP contribution in [0.4, 0.5) is 8.78 Å². The SMILES string of the molecule is COC(=O)c1cncc(C2=CCN(C(=O)C3(C(F)F)CC3)CC2)c1. The maximum absolute atomic E-state index is 13.1.